The van der Waals surface area contributed by atoms with Crippen LogP contribution in [0.3, 0.4) is 0 Å². The number of halogens is 2. The predicted molar refractivity (Wildman–Crippen MR) is 124 cm³/mol. The van der Waals surface area contributed by atoms with Gasteiger partial charge in [-0.15, -0.1) is 24.8 Å². The molecular formula is C21H27Cl2N5O. The van der Waals surface area contributed by atoms with Crippen LogP contribution in [0.25, 0.3) is 10.9 Å². The molecule has 156 valence electrons. The molecule has 0 atom stereocenters. The molecule has 0 spiro atoms. The van der Waals surface area contributed by atoms with Gasteiger partial charge in [-0.3, -0.25) is 4.90 Å². The van der Waals surface area contributed by atoms with E-state index in [0.29, 0.717) is 0 Å². The van der Waals surface area contributed by atoms with Crippen molar-refractivity contribution in [2.45, 2.75) is 6.54 Å². The molecular weight excluding hydrogens is 409 g/mol. The third-order valence-electron chi connectivity index (χ3n) is 4.97. The molecule has 2 heterocycles. The monoisotopic (exact) mass is 435 g/mol. The molecule has 0 radical (unpaired) electrons. The highest BCUT2D eigenvalue weighted by molar-refractivity contribution is 5.90. The van der Waals surface area contributed by atoms with Gasteiger partial charge in [0.05, 0.1) is 12.1 Å². The first kappa shape index (κ1) is 23.2. The zero-order valence-electron chi connectivity index (χ0n) is 16.2. The van der Waals surface area contributed by atoms with Crippen molar-refractivity contribution in [3.8, 4) is 0 Å². The summed E-state index contributed by atoms with van der Waals surface area (Å²) in [5.41, 5.74) is 2.18. The maximum absolute atomic E-state index is 9.12. The van der Waals surface area contributed by atoms with Crippen molar-refractivity contribution in [2.75, 3.05) is 49.5 Å². The maximum atomic E-state index is 9.12. The molecule has 1 fully saturated rings. The van der Waals surface area contributed by atoms with E-state index in [1.54, 1.807) is 0 Å². The highest BCUT2D eigenvalue weighted by Gasteiger charge is 2.20. The number of anilines is 2. The molecule has 29 heavy (non-hydrogen) atoms. The molecule has 8 heteroatoms. The van der Waals surface area contributed by atoms with Crippen LogP contribution in [-0.2, 0) is 6.54 Å². The van der Waals surface area contributed by atoms with Crippen LogP contribution in [-0.4, -0.2) is 59.3 Å². The van der Waals surface area contributed by atoms with E-state index >= 15 is 0 Å². The maximum Gasteiger partial charge on any atom is 0.227 e. The molecule has 0 amide bonds. The lowest BCUT2D eigenvalue weighted by atomic mass is 10.2. The smallest absolute Gasteiger partial charge is 0.227 e. The summed E-state index contributed by atoms with van der Waals surface area (Å²) < 4.78 is 0. The van der Waals surface area contributed by atoms with Crippen molar-refractivity contribution in [2.24, 2.45) is 0 Å². The minimum Gasteiger partial charge on any atom is -0.395 e. The number of β-amino-alcohol motifs (C(OH)–C–C–N with tert-alkyl or cyclic N) is 1. The summed E-state index contributed by atoms with van der Waals surface area (Å²) in [6.07, 6.45) is 0. The lowest BCUT2D eigenvalue weighted by molar-refractivity contribution is 0.188. The number of fused-ring (bicyclic) bond motifs is 1. The molecule has 1 aliphatic rings. The van der Waals surface area contributed by atoms with Crippen LogP contribution in [0.15, 0.2) is 54.6 Å². The number of rotatable bonds is 6. The Balaban J connectivity index is 0.00000150. The van der Waals surface area contributed by atoms with Crippen molar-refractivity contribution in [3.63, 3.8) is 0 Å². The Morgan fingerprint density at radius 1 is 0.862 bits per heavy atom. The van der Waals surface area contributed by atoms with Gasteiger partial charge in [0, 0.05) is 44.7 Å². The highest BCUT2D eigenvalue weighted by Crippen LogP contribution is 2.24. The molecule has 2 N–H and O–H groups in total. The van der Waals surface area contributed by atoms with Gasteiger partial charge in [0.25, 0.3) is 0 Å². The second-order valence-corrected chi connectivity index (χ2v) is 6.78. The summed E-state index contributed by atoms with van der Waals surface area (Å²) in [6, 6.07) is 18.5. The second-order valence-electron chi connectivity index (χ2n) is 6.78. The van der Waals surface area contributed by atoms with E-state index in [9.17, 15) is 0 Å². The Hall–Kier alpha value is -2.12. The van der Waals surface area contributed by atoms with Crippen molar-refractivity contribution in [1.82, 2.24) is 14.9 Å². The Kier molecular flexibility index (Phi) is 8.92. The number of aliphatic hydroxyl groups is 1. The topological polar surface area (TPSA) is 64.5 Å². The van der Waals surface area contributed by atoms with Crippen LogP contribution in [0.4, 0.5) is 11.8 Å². The molecule has 0 unspecified atom stereocenters. The van der Waals surface area contributed by atoms with Gasteiger partial charge < -0.3 is 15.3 Å². The summed E-state index contributed by atoms with van der Waals surface area (Å²) in [7, 11) is 0. The van der Waals surface area contributed by atoms with Crippen LogP contribution >= 0.6 is 24.8 Å². The summed E-state index contributed by atoms with van der Waals surface area (Å²) in [6.45, 7) is 5.25. The van der Waals surface area contributed by atoms with Gasteiger partial charge in [0.1, 0.15) is 5.82 Å². The molecule has 3 aromatic rings. The van der Waals surface area contributed by atoms with Gasteiger partial charge in [0.15, 0.2) is 0 Å². The first-order valence-corrected chi connectivity index (χ1v) is 9.46. The standard InChI is InChI=1S/C21H25N5O.2ClH/c27-15-14-25-10-12-26(13-11-25)21-23-19-9-5-4-8-18(19)20(24-21)22-16-17-6-2-1-3-7-17;;/h1-9,27H,10-16H2,(H,22,23,24);2*1H. The third-order valence-corrected chi connectivity index (χ3v) is 4.97. The summed E-state index contributed by atoms with van der Waals surface area (Å²) in [5, 5.41) is 13.7. The molecule has 0 bridgehead atoms. The lowest BCUT2D eigenvalue weighted by Crippen LogP contribution is -2.47. The molecule has 4 rings (SSSR count). The van der Waals surface area contributed by atoms with Gasteiger partial charge in [-0.2, -0.15) is 4.98 Å². The molecule has 6 nitrogen and oxygen atoms in total. The van der Waals surface area contributed by atoms with Crippen LogP contribution in [0.1, 0.15) is 5.56 Å². The average molecular weight is 436 g/mol. The van der Waals surface area contributed by atoms with Gasteiger partial charge in [-0.1, -0.05) is 42.5 Å². The number of piperazine rings is 1. The first-order valence-electron chi connectivity index (χ1n) is 9.46. The average Bonchev–Trinajstić information content (AvgIpc) is 2.73. The molecule has 0 aliphatic carbocycles. The highest BCUT2D eigenvalue weighted by atomic mass is 35.5. The number of nitrogens with one attached hydrogen (secondary N) is 1. The number of hydrogen-bond acceptors (Lipinski definition) is 6. The minimum atomic E-state index is 0. The van der Waals surface area contributed by atoms with Crippen molar-refractivity contribution >= 4 is 47.5 Å². The van der Waals surface area contributed by atoms with E-state index < -0.39 is 0 Å². The zero-order valence-corrected chi connectivity index (χ0v) is 17.8. The SMILES string of the molecule is Cl.Cl.OCCN1CCN(c2nc(NCc3ccccc3)c3ccccc3n2)CC1. The quantitative estimate of drug-likeness (QED) is 0.619. The molecule has 0 saturated carbocycles. The van der Waals surface area contributed by atoms with Crippen LogP contribution < -0.4 is 10.2 Å². The third kappa shape index (κ3) is 5.70. The Morgan fingerprint density at radius 3 is 2.28 bits per heavy atom. The van der Waals surface area contributed by atoms with E-state index in [0.717, 1.165) is 61.9 Å². The lowest BCUT2D eigenvalue weighted by Gasteiger charge is -2.34. The van der Waals surface area contributed by atoms with E-state index in [1.165, 1.54) is 5.56 Å². The van der Waals surface area contributed by atoms with Gasteiger partial charge in [0.2, 0.25) is 5.95 Å². The van der Waals surface area contributed by atoms with Crippen molar-refractivity contribution in [1.29, 1.82) is 0 Å². The van der Waals surface area contributed by atoms with Crippen molar-refractivity contribution < 1.29 is 5.11 Å². The van der Waals surface area contributed by atoms with E-state index in [1.807, 2.05) is 36.4 Å². The number of aromatic nitrogens is 2. The zero-order chi connectivity index (χ0) is 18.5. The predicted octanol–water partition coefficient (Wildman–Crippen LogP) is 3.20. The second kappa shape index (κ2) is 11.2. The molecule has 1 aromatic heterocycles. The number of benzene rings is 2. The minimum absolute atomic E-state index is 0. The summed E-state index contributed by atoms with van der Waals surface area (Å²) >= 11 is 0. The summed E-state index contributed by atoms with van der Waals surface area (Å²) in [5.74, 6) is 1.64. The Bertz CT molecular complexity index is 889. The van der Waals surface area contributed by atoms with Gasteiger partial charge in [-0.25, -0.2) is 4.98 Å². The van der Waals surface area contributed by atoms with Gasteiger partial charge in [-0.05, 0) is 17.7 Å². The summed E-state index contributed by atoms with van der Waals surface area (Å²) in [4.78, 5) is 14.1. The van der Waals surface area contributed by atoms with E-state index in [-0.39, 0.29) is 31.4 Å². The molecule has 1 saturated heterocycles. The van der Waals surface area contributed by atoms with E-state index in [4.69, 9.17) is 15.1 Å². The van der Waals surface area contributed by atoms with E-state index in [2.05, 4.69) is 33.3 Å². The molecule has 1 aliphatic heterocycles. The number of aliphatic hydroxyl groups excluding tert-OH is 1. The number of para-hydroxylation sites is 1. The van der Waals surface area contributed by atoms with Gasteiger partial charge >= 0.3 is 0 Å². The fourth-order valence-corrected chi connectivity index (χ4v) is 3.44. The van der Waals surface area contributed by atoms with Crippen molar-refractivity contribution in [3.05, 3.63) is 60.2 Å². The largest absolute Gasteiger partial charge is 0.395 e. The van der Waals surface area contributed by atoms with Crippen LogP contribution in [0, 0.1) is 0 Å². The molecule has 2 aromatic carbocycles. The van der Waals surface area contributed by atoms with Crippen LogP contribution in [0.5, 0.6) is 0 Å². The fourth-order valence-electron chi connectivity index (χ4n) is 3.44. The Morgan fingerprint density at radius 2 is 1.55 bits per heavy atom. The van der Waals surface area contributed by atoms with Crippen LogP contribution in [0.2, 0.25) is 0 Å². The Labute approximate surface area is 183 Å². The normalized spacial score (nSPS) is 14.2. The number of hydrogen-bond donors (Lipinski definition) is 2. The fraction of sp³-hybridized carbons (Fsp3) is 0.333. The number of nitrogens with zero attached hydrogens (tertiary/aromatic N) is 4. The first-order chi connectivity index (χ1) is 13.3.